The number of hydrogen-bond acceptors (Lipinski definition) is 4. The van der Waals surface area contributed by atoms with E-state index in [4.69, 9.17) is 9.47 Å². The van der Waals surface area contributed by atoms with Gasteiger partial charge in [0.05, 0.1) is 18.4 Å². The molecule has 1 fully saturated rings. The van der Waals surface area contributed by atoms with E-state index < -0.39 is 0 Å². The van der Waals surface area contributed by atoms with Crippen LogP contribution < -0.4 is 10.1 Å². The molecule has 2 heterocycles. The maximum absolute atomic E-state index is 5.72. The summed E-state index contributed by atoms with van der Waals surface area (Å²) in [4.78, 5) is 0. The van der Waals surface area contributed by atoms with Crippen molar-refractivity contribution in [3.05, 3.63) is 47.8 Å². The summed E-state index contributed by atoms with van der Waals surface area (Å²) in [7, 11) is 1.90. The molecule has 1 aromatic carbocycles. The van der Waals surface area contributed by atoms with E-state index in [-0.39, 0.29) is 6.10 Å². The molecule has 0 bridgehead atoms. The number of benzene rings is 1. The summed E-state index contributed by atoms with van der Waals surface area (Å²) in [6.07, 6.45) is 2.06. The first-order valence-corrected chi connectivity index (χ1v) is 6.85. The molecule has 1 unspecified atom stereocenters. The molecule has 0 saturated carbocycles. The summed E-state index contributed by atoms with van der Waals surface area (Å²) in [6, 6.07) is 10.0. The van der Waals surface area contributed by atoms with Crippen molar-refractivity contribution in [3.8, 4) is 5.75 Å². The standard InChI is InChI=1S/C15H19N3O2/c1-18-8-6-13(17-18)11-20-14-4-2-12(3-5-14)15-10-16-7-9-19-15/h2-6,8,15-16H,7,9-11H2,1H3. The lowest BCUT2D eigenvalue weighted by atomic mass is 10.1. The largest absolute Gasteiger partial charge is 0.487 e. The Labute approximate surface area is 118 Å². The van der Waals surface area contributed by atoms with E-state index in [0.717, 1.165) is 31.1 Å². The summed E-state index contributed by atoms with van der Waals surface area (Å²) in [6.45, 7) is 3.06. The lowest BCUT2D eigenvalue weighted by Crippen LogP contribution is -2.33. The molecule has 0 radical (unpaired) electrons. The van der Waals surface area contributed by atoms with Gasteiger partial charge in [-0.3, -0.25) is 4.68 Å². The minimum absolute atomic E-state index is 0.147. The third kappa shape index (κ3) is 3.18. The molecule has 0 aliphatic carbocycles. The van der Waals surface area contributed by atoms with E-state index in [0.29, 0.717) is 6.61 Å². The second kappa shape index (κ2) is 6.07. The van der Waals surface area contributed by atoms with Gasteiger partial charge in [-0.25, -0.2) is 0 Å². The number of nitrogens with zero attached hydrogens (tertiary/aromatic N) is 2. The molecule has 1 N–H and O–H groups in total. The molecule has 1 aliphatic heterocycles. The van der Waals surface area contributed by atoms with Gasteiger partial charge < -0.3 is 14.8 Å². The molecule has 3 rings (SSSR count). The second-order valence-electron chi connectivity index (χ2n) is 4.90. The van der Waals surface area contributed by atoms with Crippen LogP contribution in [0.3, 0.4) is 0 Å². The highest BCUT2D eigenvalue weighted by Crippen LogP contribution is 2.22. The van der Waals surface area contributed by atoms with Crippen molar-refractivity contribution in [2.45, 2.75) is 12.7 Å². The molecule has 20 heavy (non-hydrogen) atoms. The predicted octanol–water partition coefficient (Wildman–Crippen LogP) is 1.66. The minimum atomic E-state index is 0.147. The summed E-state index contributed by atoms with van der Waals surface area (Å²) in [5.74, 6) is 0.850. The Kier molecular flexibility index (Phi) is 3.99. The molecule has 2 aromatic rings. The van der Waals surface area contributed by atoms with Crippen LogP contribution in [0.1, 0.15) is 17.4 Å². The van der Waals surface area contributed by atoms with Crippen molar-refractivity contribution in [2.75, 3.05) is 19.7 Å². The average molecular weight is 273 g/mol. The van der Waals surface area contributed by atoms with Gasteiger partial charge in [0.25, 0.3) is 0 Å². The Balaban J connectivity index is 1.58. The highest BCUT2D eigenvalue weighted by molar-refractivity contribution is 5.29. The quantitative estimate of drug-likeness (QED) is 0.920. The van der Waals surface area contributed by atoms with Crippen LogP contribution in [-0.4, -0.2) is 29.5 Å². The average Bonchev–Trinajstić information content (AvgIpc) is 2.92. The van der Waals surface area contributed by atoms with Gasteiger partial charge in [-0.15, -0.1) is 0 Å². The van der Waals surface area contributed by atoms with Gasteiger partial charge >= 0.3 is 0 Å². The van der Waals surface area contributed by atoms with Gasteiger partial charge in [0, 0.05) is 26.3 Å². The molecule has 1 aliphatic rings. The zero-order valence-electron chi connectivity index (χ0n) is 11.6. The van der Waals surface area contributed by atoms with E-state index in [1.165, 1.54) is 5.56 Å². The third-order valence-electron chi connectivity index (χ3n) is 3.34. The maximum Gasteiger partial charge on any atom is 0.132 e. The highest BCUT2D eigenvalue weighted by atomic mass is 16.5. The molecule has 1 aromatic heterocycles. The van der Waals surface area contributed by atoms with Crippen LogP contribution in [0.2, 0.25) is 0 Å². The lowest BCUT2D eigenvalue weighted by molar-refractivity contribution is 0.0277. The van der Waals surface area contributed by atoms with E-state index >= 15 is 0 Å². The molecule has 0 amide bonds. The Hall–Kier alpha value is -1.85. The molecule has 106 valence electrons. The predicted molar refractivity (Wildman–Crippen MR) is 75.5 cm³/mol. The van der Waals surface area contributed by atoms with Gasteiger partial charge in [0.15, 0.2) is 0 Å². The number of aromatic nitrogens is 2. The Morgan fingerprint density at radius 2 is 2.20 bits per heavy atom. The summed E-state index contributed by atoms with van der Waals surface area (Å²) < 4.78 is 13.2. The zero-order valence-corrected chi connectivity index (χ0v) is 11.6. The van der Waals surface area contributed by atoms with Crippen molar-refractivity contribution >= 4 is 0 Å². The molecular formula is C15H19N3O2. The van der Waals surface area contributed by atoms with Crippen molar-refractivity contribution < 1.29 is 9.47 Å². The Bertz CT molecular complexity index is 545. The third-order valence-corrected chi connectivity index (χ3v) is 3.34. The van der Waals surface area contributed by atoms with E-state index in [2.05, 4.69) is 22.5 Å². The fourth-order valence-electron chi connectivity index (χ4n) is 2.26. The molecule has 1 saturated heterocycles. The van der Waals surface area contributed by atoms with Crippen molar-refractivity contribution in [3.63, 3.8) is 0 Å². The monoisotopic (exact) mass is 273 g/mol. The van der Waals surface area contributed by atoms with Crippen molar-refractivity contribution in [1.82, 2.24) is 15.1 Å². The summed E-state index contributed by atoms with van der Waals surface area (Å²) in [5, 5.41) is 7.61. The molecule has 5 nitrogen and oxygen atoms in total. The molecule has 1 atom stereocenters. The summed E-state index contributed by atoms with van der Waals surface area (Å²) in [5.41, 5.74) is 2.11. The normalized spacial score (nSPS) is 18.9. The van der Waals surface area contributed by atoms with Gasteiger partial charge in [-0.2, -0.15) is 5.10 Å². The first kappa shape index (κ1) is 13.1. The van der Waals surface area contributed by atoms with Gasteiger partial charge in [-0.1, -0.05) is 12.1 Å². The van der Waals surface area contributed by atoms with Crippen LogP contribution in [0.5, 0.6) is 5.75 Å². The smallest absolute Gasteiger partial charge is 0.132 e. The molecule has 5 heteroatoms. The zero-order chi connectivity index (χ0) is 13.8. The number of rotatable bonds is 4. The van der Waals surface area contributed by atoms with Crippen LogP contribution in [0.25, 0.3) is 0 Å². The van der Waals surface area contributed by atoms with Crippen LogP contribution in [0.4, 0.5) is 0 Å². The number of hydrogen-bond donors (Lipinski definition) is 1. The number of morpholine rings is 1. The first-order chi connectivity index (χ1) is 9.81. The number of ether oxygens (including phenoxy) is 2. The minimum Gasteiger partial charge on any atom is -0.487 e. The van der Waals surface area contributed by atoms with Gasteiger partial charge in [-0.05, 0) is 23.8 Å². The van der Waals surface area contributed by atoms with E-state index in [1.54, 1.807) is 4.68 Å². The fourth-order valence-corrected chi connectivity index (χ4v) is 2.26. The highest BCUT2D eigenvalue weighted by Gasteiger charge is 2.15. The Morgan fingerprint density at radius 3 is 2.85 bits per heavy atom. The van der Waals surface area contributed by atoms with Crippen molar-refractivity contribution in [2.24, 2.45) is 7.05 Å². The van der Waals surface area contributed by atoms with Crippen LogP contribution >= 0.6 is 0 Å². The van der Waals surface area contributed by atoms with Crippen LogP contribution in [0, 0.1) is 0 Å². The topological polar surface area (TPSA) is 48.3 Å². The van der Waals surface area contributed by atoms with Crippen LogP contribution in [0.15, 0.2) is 36.5 Å². The maximum atomic E-state index is 5.72. The van der Waals surface area contributed by atoms with Crippen LogP contribution in [-0.2, 0) is 18.4 Å². The van der Waals surface area contributed by atoms with Gasteiger partial charge in [0.2, 0.25) is 0 Å². The van der Waals surface area contributed by atoms with E-state index in [9.17, 15) is 0 Å². The summed E-state index contributed by atoms with van der Waals surface area (Å²) >= 11 is 0. The first-order valence-electron chi connectivity index (χ1n) is 6.85. The SMILES string of the molecule is Cn1ccc(COc2ccc(C3CNCCO3)cc2)n1. The Morgan fingerprint density at radius 1 is 1.35 bits per heavy atom. The molecular weight excluding hydrogens is 254 g/mol. The molecule has 0 spiro atoms. The number of aryl methyl sites for hydroxylation is 1. The fraction of sp³-hybridized carbons (Fsp3) is 0.400. The van der Waals surface area contributed by atoms with Gasteiger partial charge in [0.1, 0.15) is 12.4 Å². The second-order valence-corrected chi connectivity index (χ2v) is 4.90. The number of nitrogens with one attached hydrogen (secondary N) is 1. The van der Waals surface area contributed by atoms with E-state index in [1.807, 2.05) is 31.4 Å². The lowest BCUT2D eigenvalue weighted by Gasteiger charge is -2.24. The van der Waals surface area contributed by atoms with Crippen molar-refractivity contribution in [1.29, 1.82) is 0 Å².